The number of halogens is 1. The normalized spacial score (nSPS) is 11.0. The van der Waals surface area contributed by atoms with Crippen LogP contribution in [0.5, 0.6) is 0 Å². The van der Waals surface area contributed by atoms with Crippen LogP contribution in [0.15, 0.2) is 92.2 Å². The predicted octanol–water partition coefficient (Wildman–Crippen LogP) is 7.08. The lowest BCUT2D eigenvalue weighted by Gasteiger charge is -2.03. The minimum absolute atomic E-state index is 0.235. The molecule has 1 N–H and O–H groups in total. The number of carbonyl (C=O) groups excluding carboxylic acids is 1. The van der Waals surface area contributed by atoms with E-state index in [1.165, 1.54) is 0 Å². The molecule has 2 aromatic heterocycles. The van der Waals surface area contributed by atoms with Gasteiger partial charge in [-0.1, -0.05) is 46.3 Å². The number of amides is 1. The van der Waals surface area contributed by atoms with Gasteiger partial charge in [-0.25, -0.2) is 4.98 Å². The molecule has 0 radical (unpaired) electrons. The Balaban J connectivity index is 1.37. The molecule has 5 rings (SSSR count). The van der Waals surface area contributed by atoms with E-state index in [0.29, 0.717) is 28.4 Å². The summed E-state index contributed by atoms with van der Waals surface area (Å²) in [4.78, 5) is 17.3. The molecule has 5 nitrogen and oxygen atoms in total. The van der Waals surface area contributed by atoms with E-state index < -0.39 is 0 Å². The Bertz CT molecular complexity index is 1400. The molecular weight excluding hydrogens is 456 g/mol. The van der Waals surface area contributed by atoms with Crippen LogP contribution in [-0.4, -0.2) is 10.9 Å². The highest BCUT2D eigenvalue weighted by Gasteiger charge is 2.15. The molecule has 0 atom stereocenters. The molecule has 0 spiro atoms. The van der Waals surface area contributed by atoms with Crippen molar-refractivity contribution in [2.45, 2.75) is 6.92 Å². The number of hydrogen-bond donors (Lipinski definition) is 1. The SMILES string of the molecule is Cc1ccccc1-c1nc2cc(NC(=O)c3ccc(-c4ccc(Br)cc4)o3)ccc2o1. The number of benzene rings is 3. The molecule has 0 saturated heterocycles. The molecule has 0 bridgehead atoms. The van der Waals surface area contributed by atoms with Gasteiger partial charge >= 0.3 is 0 Å². The van der Waals surface area contributed by atoms with Gasteiger partial charge in [-0.05, 0) is 61.0 Å². The zero-order valence-electron chi connectivity index (χ0n) is 16.6. The largest absolute Gasteiger partial charge is 0.451 e. The number of rotatable bonds is 4. The number of furan rings is 1. The Morgan fingerprint density at radius 3 is 2.55 bits per heavy atom. The van der Waals surface area contributed by atoms with Crippen molar-refractivity contribution in [2.75, 3.05) is 5.32 Å². The fourth-order valence-corrected chi connectivity index (χ4v) is 3.62. The van der Waals surface area contributed by atoms with Crippen molar-refractivity contribution in [1.29, 1.82) is 0 Å². The average molecular weight is 473 g/mol. The van der Waals surface area contributed by atoms with Crippen LogP contribution in [0.1, 0.15) is 16.1 Å². The van der Waals surface area contributed by atoms with Crippen LogP contribution in [0.3, 0.4) is 0 Å². The number of aryl methyl sites for hydroxylation is 1. The molecule has 5 aromatic rings. The van der Waals surface area contributed by atoms with Gasteiger partial charge in [-0.3, -0.25) is 4.79 Å². The lowest BCUT2D eigenvalue weighted by molar-refractivity contribution is 0.0997. The van der Waals surface area contributed by atoms with E-state index in [0.717, 1.165) is 21.2 Å². The van der Waals surface area contributed by atoms with Crippen LogP contribution < -0.4 is 5.32 Å². The fourth-order valence-electron chi connectivity index (χ4n) is 3.36. The maximum Gasteiger partial charge on any atom is 0.291 e. The molecule has 2 heterocycles. The summed E-state index contributed by atoms with van der Waals surface area (Å²) in [5.41, 5.74) is 4.87. The van der Waals surface area contributed by atoms with Crippen molar-refractivity contribution in [3.63, 3.8) is 0 Å². The number of anilines is 1. The first-order valence-electron chi connectivity index (χ1n) is 9.70. The fraction of sp³-hybridized carbons (Fsp3) is 0.0400. The topological polar surface area (TPSA) is 68.3 Å². The van der Waals surface area contributed by atoms with Gasteiger partial charge in [-0.15, -0.1) is 0 Å². The first-order valence-corrected chi connectivity index (χ1v) is 10.5. The van der Waals surface area contributed by atoms with Gasteiger partial charge < -0.3 is 14.2 Å². The van der Waals surface area contributed by atoms with Gasteiger partial charge in [0.05, 0.1) is 0 Å². The quantitative estimate of drug-likeness (QED) is 0.303. The van der Waals surface area contributed by atoms with Crippen molar-refractivity contribution in [3.05, 3.63) is 94.7 Å². The van der Waals surface area contributed by atoms with Crippen LogP contribution in [0.25, 0.3) is 33.9 Å². The Kier molecular flexibility index (Phi) is 4.92. The molecule has 3 aromatic carbocycles. The Morgan fingerprint density at radius 1 is 0.935 bits per heavy atom. The number of fused-ring (bicyclic) bond motifs is 1. The summed E-state index contributed by atoms with van der Waals surface area (Å²) in [5, 5.41) is 2.86. The second-order valence-corrected chi connectivity index (χ2v) is 8.06. The zero-order valence-corrected chi connectivity index (χ0v) is 18.1. The lowest BCUT2D eigenvalue weighted by Crippen LogP contribution is -2.10. The molecule has 152 valence electrons. The lowest BCUT2D eigenvalue weighted by atomic mass is 10.1. The molecule has 0 fully saturated rings. The third-order valence-electron chi connectivity index (χ3n) is 4.98. The second-order valence-electron chi connectivity index (χ2n) is 7.14. The molecule has 6 heteroatoms. The van der Waals surface area contributed by atoms with Crippen LogP contribution in [0.4, 0.5) is 5.69 Å². The summed E-state index contributed by atoms with van der Waals surface area (Å²) in [6.45, 7) is 2.02. The minimum Gasteiger partial charge on any atom is -0.451 e. The summed E-state index contributed by atoms with van der Waals surface area (Å²) in [6.07, 6.45) is 0. The number of hydrogen-bond acceptors (Lipinski definition) is 4. The molecule has 0 saturated carbocycles. The van der Waals surface area contributed by atoms with E-state index in [1.807, 2.05) is 55.5 Å². The molecule has 0 aliphatic carbocycles. The Labute approximate surface area is 186 Å². The first kappa shape index (κ1) is 19.3. The molecule has 0 aliphatic heterocycles. The van der Waals surface area contributed by atoms with Gasteiger partial charge in [-0.2, -0.15) is 0 Å². The maximum absolute atomic E-state index is 12.7. The molecule has 1 amide bonds. The molecule has 0 unspecified atom stereocenters. The summed E-state index contributed by atoms with van der Waals surface area (Å²) >= 11 is 3.41. The van der Waals surface area contributed by atoms with Crippen LogP contribution >= 0.6 is 15.9 Å². The van der Waals surface area contributed by atoms with E-state index >= 15 is 0 Å². The second kappa shape index (κ2) is 7.89. The maximum atomic E-state index is 12.7. The predicted molar refractivity (Wildman–Crippen MR) is 124 cm³/mol. The minimum atomic E-state index is -0.328. The molecule has 0 aliphatic rings. The third kappa shape index (κ3) is 3.90. The zero-order chi connectivity index (χ0) is 21.4. The average Bonchev–Trinajstić information content (AvgIpc) is 3.42. The van der Waals surface area contributed by atoms with Gasteiger partial charge in [0.2, 0.25) is 5.89 Å². The van der Waals surface area contributed by atoms with E-state index in [4.69, 9.17) is 8.83 Å². The van der Waals surface area contributed by atoms with Crippen molar-refractivity contribution in [3.8, 4) is 22.8 Å². The molecular formula is C25H17BrN2O3. The number of oxazole rings is 1. The van der Waals surface area contributed by atoms with Gasteiger partial charge in [0, 0.05) is 21.3 Å². The van der Waals surface area contributed by atoms with Crippen LogP contribution in [0, 0.1) is 6.92 Å². The highest BCUT2D eigenvalue weighted by Crippen LogP contribution is 2.29. The van der Waals surface area contributed by atoms with Crippen molar-refractivity contribution in [1.82, 2.24) is 4.98 Å². The smallest absolute Gasteiger partial charge is 0.291 e. The van der Waals surface area contributed by atoms with E-state index in [9.17, 15) is 4.79 Å². The summed E-state index contributed by atoms with van der Waals surface area (Å²) in [5.74, 6) is 1.10. The van der Waals surface area contributed by atoms with E-state index in [1.54, 1.807) is 30.3 Å². The van der Waals surface area contributed by atoms with Gasteiger partial charge in [0.15, 0.2) is 11.3 Å². The Hall–Kier alpha value is -3.64. The highest BCUT2D eigenvalue weighted by atomic mass is 79.9. The van der Waals surface area contributed by atoms with E-state index in [-0.39, 0.29) is 11.7 Å². The van der Waals surface area contributed by atoms with Gasteiger partial charge in [0.25, 0.3) is 5.91 Å². The number of nitrogens with one attached hydrogen (secondary N) is 1. The van der Waals surface area contributed by atoms with Crippen molar-refractivity contribution in [2.24, 2.45) is 0 Å². The van der Waals surface area contributed by atoms with Gasteiger partial charge in [0.1, 0.15) is 11.3 Å². The summed E-state index contributed by atoms with van der Waals surface area (Å²) in [7, 11) is 0. The summed E-state index contributed by atoms with van der Waals surface area (Å²) in [6, 6.07) is 24.4. The first-order chi connectivity index (χ1) is 15.1. The number of carbonyl (C=O) groups is 1. The van der Waals surface area contributed by atoms with Crippen LogP contribution in [-0.2, 0) is 0 Å². The third-order valence-corrected chi connectivity index (χ3v) is 5.51. The number of aromatic nitrogens is 1. The van der Waals surface area contributed by atoms with Crippen molar-refractivity contribution >= 4 is 38.6 Å². The highest BCUT2D eigenvalue weighted by molar-refractivity contribution is 9.10. The molecule has 31 heavy (non-hydrogen) atoms. The monoisotopic (exact) mass is 472 g/mol. The van der Waals surface area contributed by atoms with Crippen molar-refractivity contribution < 1.29 is 13.6 Å². The van der Waals surface area contributed by atoms with Crippen LogP contribution in [0.2, 0.25) is 0 Å². The van der Waals surface area contributed by atoms with E-state index in [2.05, 4.69) is 26.2 Å². The standard InChI is InChI=1S/C25H17BrN2O3/c1-15-4-2-3-5-19(15)25-28-20-14-18(10-11-22(20)31-25)27-24(29)23-13-12-21(30-23)16-6-8-17(26)9-7-16/h2-14H,1H3,(H,27,29). The summed E-state index contributed by atoms with van der Waals surface area (Å²) < 4.78 is 12.6. The Morgan fingerprint density at radius 2 is 1.74 bits per heavy atom. The number of nitrogens with zero attached hydrogens (tertiary/aromatic N) is 1.